The van der Waals surface area contributed by atoms with Crippen molar-refractivity contribution in [3.8, 4) is 16.9 Å². The van der Waals surface area contributed by atoms with Crippen LogP contribution in [0, 0.1) is 17.8 Å². The first-order chi connectivity index (χ1) is 15.0. The molecule has 0 heterocycles. The second-order valence-corrected chi connectivity index (χ2v) is 10.2. The van der Waals surface area contributed by atoms with Crippen LogP contribution in [0.1, 0.15) is 54.4 Å². The van der Waals surface area contributed by atoms with E-state index in [0.29, 0.717) is 5.56 Å². The van der Waals surface area contributed by atoms with E-state index in [1.54, 1.807) is 19.2 Å². The van der Waals surface area contributed by atoms with Gasteiger partial charge in [-0.15, -0.1) is 0 Å². The Morgan fingerprint density at radius 2 is 1.41 bits per heavy atom. The van der Waals surface area contributed by atoms with E-state index in [-0.39, 0.29) is 22.8 Å². The monoisotopic (exact) mass is 442 g/mol. The number of carbonyl (C=O) groups is 1. The van der Waals surface area contributed by atoms with Crippen LogP contribution in [0.15, 0.2) is 54.6 Å². The first-order valence-electron chi connectivity index (χ1n) is 11.5. The Bertz CT molecular complexity index is 1160. The van der Waals surface area contributed by atoms with Crippen molar-refractivity contribution in [1.82, 2.24) is 0 Å². The third kappa shape index (κ3) is 3.45. The van der Waals surface area contributed by atoms with Gasteiger partial charge in [-0.25, -0.2) is 4.79 Å². The standard InChI is InChI=1S/C28H28O3.Al.3H/c1-31-26-7-6-23(21-2-3-22-12-24(27(29)30)5-4-20(22)11-21)13-25(26)28-14-17-8-18(15-28)10-19(9-17)16-28;;;;/h2-7,11-13,17-19H,8-10,14-16H2,1H3,(H,29,30);;;;. The lowest BCUT2D eigenvalue weighted by atomic mass is 9.48. The van der Waals surface area contributed by atoms with Crippen molar-refractivity contribution in [3.63, 3.8) is 0 Å². The van der Waals surface area contributed by atoms with Gasteiger partial charge >= 0.3 is 5.97 Å². The maximum Gasteiger partial charge on any atom is 0.335 e. The summed E-state index contributed by atoms with van der Waals surface area (Å²) in [5.74, 6) is 2.83. The van der Waals surface area contributed by atoms with E-state index in [1.807, 2.05) is 12.1 Å². The molecular weight excluding hydrogens is 411 g/mol. The molecule has 4 aliphatic carbocycles. The lowest BCUT2D eigenvalue weighted by Gasteiger charge is -2.57. The summed E-state index contributed by atoms with van der Waals surface area (Å²) in [4.78, 5) is 11.3. The first kappa shape index (κ1) is 21.6. The van der Waals surface area contributed by atoms with Crippen molar-refractivity contribution < 1.29 is 14.6 Å². The van der Waals surface area contributed by atoms with Crippen LogP contribution in [0.5, 0.6) is 5.75 Å². The number of hydrogen-bond donors (Lipinski definition) is 1. The molecule has 32 heavy (non-hydrogen) atoms. The topological polar surface area (TPSA) is 46.5 Å². The summed E-state index contributed by atoms with van der Waals surface area (Å²) < 4.78 is 5.88. The molecule has 0 radical (unpaired) electrons. The minimum absolute atomic E-state index is 0. The molecule has 7 rings (SSSR count). The zero-order valence-corrected chi connectivity index (χ0v) is 17.9. The molecule has 3 aromatic rings. The highest BCUT2D eigenvalue weighted by Gasteiger charge is 2.52. The van der Waals surface area contributed by atoms with Crippen LogP contribution in [0.2, 0.25) is 0 Å². The van der Waals surface area contributed by atoms with E-state index in [2.05, 4.69) is 30.3 Å². The lowest BCUT2D eigenvalue weighted by molar-refractivity contribution is -0.00613. The maximum absolute atomic E-state index is 11.3. The number of carboxylic acid groups (broad SMARTS) is 1. The van der Waals surface area contributed by atoms with Crippen LogP contribution in [-0.4, -0.2) is 35.5 Å². The van der Waals surface area contributed by atoms with Crippen LogP contribution >= 0.6 is 0 Å². The van der Waals surface area contributed by atoms with E-state index in [1.165, 1.54) is 55.2 Å². The summed E-state index contributed by atoms with van der Waals surface area (Å²) in [6.07, 6.45) is 8.25. The van der Waals surface area contributed by atoms with Gasteiger partial charge in [0.1, 0.15) is 5.75 Å². The number of methoxy groups -OCH3 is 1. The summed E-state index contributed by atoms with van der Waals surface area (Å²) >= 11 is 0. The summed E-state index contributed by atoms with van der Waals surface area (Å²) in [7, 11) is 1.80. The van der Waals surface area contributed by atoms with Gasteiger partial charge in [0.15, 0.2) is 17.4 Å². The number of carboxylic acids is 1. The van der Waals surface area contributed by atoms with Crippen molar-refractivity contribution in [3.05, 3.63) is 65.7 Å². The van der Waals surface area contributed by atoms with Gasteiger partial charge in [-0.1, -0.05) is 24.3 Å². The van der Waals surface area contributed by atoms with Gasteiger partial charge in [0.2, 0.25) is 0 Å². The van der Waals surface area contributed by atoms with Gasteiger partial charge in [0, 0.05) is 5.56 Å². The fourth-order valence-electron chi connectivity index (χ4n) is 7.30. The van der Waals surface area contributed by atoms with Crippen molar-refractivity contribution >= 4 is 34.1 Å². The normalized spacial score (nSPS) is 27.8. The quantitative estimate of drug-likeness (QED) is 0.543. The highest BCUT2D eigenvalue weighted by atomic mass is 27.0. The van der Waals surface area contributed by atoms with Gasteiger partial charge in [0.05, 0.1) is 12.7 Å². The molecule has 164 valence electrons. The fourth-order valence-corrected chi connectivity index (χ4v) is 7.30. The number of benzene rings is 3. The highest BCUT2D eigenvalue weighted by molar-refractivity contribution is 5.95. The molecule has 4 bridgehead atoms. The molecule has 0 aliphatic heterocycles. The number of rotatable bonds is 4. The van der Waals surface area contributed by atoms with Crippen molar-refractivity contribution in [2.75, 3.05) is 7.11 Å². The second-order valence-electron chi connectivity index (χ2n) is 10.2. The molecule has 4 fully saturated rings. The Morgan fingerprint density at radius 3 is 2.03 bits per heavy atom. The average molecular weight is 443 g/mol. The first-order valence-corrected chi connectivity index (χ1v) is 11.5. The molecule has 0 saturated heterocycles. The summed E-state index contributed by atoms with van der Waals surface area (Å²) in [6.45, 7) is 0. The van der Waals surface area contributed by atoms with Crippen LogP contribution in [0.4, 0.5) is 0 Å². The second kappa shape index (κ2) is 7.94. The average Bonchev–Trinajstić information content (AvgIpc) is 2.77. The van der Waals surface area contributed by atoms with E-state index >= 15 is 0 Å². The molecule has 0 amide bonds. The van der Waals surface area contributed by atoms with E-state index in [9.17, 15) is 9.90 Å². The van der Waals surface area contributed by atoms with Gasteiger partial charge in [-0.05, 0) is 114 Å². The minimum Gasteiger partial charge on any atom is -0.496 e. The molecule has 0 spiro atoms. The SMILES string of the molecule is COc1ccc(-c2ccc3cc(C(=O)O)ccc3c2)cc1C12CC3CC(CC(C3)C1)C2.[AlH3]. The third-order valence-electron chi connectivity index (χ3n) is 8.23. The molecule has 4 saturated carbocycles. The Balaban J connectivity index is 0.00000216. The summed E-state index contributed by atoms with van der Waals surface area (Å²) in [5.41, 5.74) is 4.41. The van der Waals surface area contributed by atoms with Gasteiger partial charge in [0.25, 0.3) is 0 Å². The zero-order chi connectivity index (χ0) is 21.2. The molecule has 4 aliphatic rings. The molecule has 4 heteroatoms. The van der Waals surface area contributed by atoms with Gasteiger partial charge in [-0.3, -0.25) is 0 Å². The number of hydrogen-bond acceptors (Lipinski definition) is 2. The maximum atomic E-state index is 11.3. The van der Waals surface area contributed by atoms with E-state index < -0.39 is 5.97 Å². The van der Waals surface area contributed by atoms with Gasteiger partial charge < -0.3 is 9.84 Å². The van der Waals surface area contributed by atoms with Crippen LogP contribution in [0.3, 0.4) is 0 Å². The summed E-state index contributed by atoms with van der Waals surface area (Å²) in [6, 6.07) is 18.4. The van der Waals surface area contributed by atoms with Crippen molar-refractivity contribution in [2.45, 2.75) is 43.9 Å². The predicted octanol–water partition coefficient (Wildman–Crippen LogP) is 5.50. The van der Waals surface area contributed by atoms with Crippen LogP contribution in [0.25, 0.3) is 21.9 Å². The van der Waals surface area contributed by atoms with Crippen LogP contribution < -0.4 is 4.74 Å². The molecule has 3 nitrogen and oxygen atoms in total. The minimum atomic E-state index is -0.888. The van der Waals surface area contributed by atoms with E-state index in [0.717, 1.165) is 34.3 Å². The third-order valence-corrected chi connectivity index (χ3v) is 8.23. The van der Waals surface area contributed by atoms with E-state index in [4.69, 9.17) is 4.74 Å². The van der Waals surface area contributed by atoms with Crippen LogP contribution in [-0.2, 0) is 5.41 Å². The lowest BCUT2D eigenvalue weighted by Crippen LogP contribution is -2.48. The molecule has 0 aromatic heterocycles. The Kier molecular flexibility index (Phi) is 5.35. The highest BCUT2D eigenvalue weighted by Crippen LogP contribution is 2.62. The molecule has 0 unspecified atom stereocenters. The molecule has 0 atom stereocenters. The largest absolute Gasteiger partial charge is 0.496 e. The number of ether oxygens (including phenoxy) is 1. The zero-order valence-electron chi connectivity index (χ0n) is 17.9. The Hall–Kier alpha value is -2.28. The van der Waals surface area contributed by atoms with Crippen molar-refractivity contribution in [1.29, 1.82) is 0 Å². The molecule has 3 aromatic carbocycles. The summed E-state index contributed by atoms with van der Waals surface area (Å²) in [5, 5.41) is 11.3. The fraction of sp³-hybridized carbons (Fsp3) is 0.393. The number of fused-ring (bicyclic) bond motifs is 1. The Morgan fingerprint density at radius 1 is 0.844 bits per heavy atom. The smallest absolute Gasteiger partial charge is 0.335 e. The van der Waals surface area contributed by atoms with Crippen molar-refractivity contribution in [2.24, 2.45) is 17.8 Å². The number of aromatic carboxylic acids is 1. The predicted molar refractivity (Wildman–Crippen MR) is 133 cm³/mol. The molecule has 1 N–H and O–H groups in total. The van der Waals surface area contributed by atoms with Gasteiger partial charge in [-0.2, -0.15) is 0 Å². The molecular formula is C28H31AlO3. The Labute approximate surface area is 199 Å².